The zero-order valence-electron chi connectivity index (χ0n) is 35.1. The fourth-order valence-corrected chi connectivity index (χ4v) is 6.92. The molecule has 1 amide bonds. The summed E-state index contributed by atoms with van der Waals surface area (Å²) in [6, 6.07) is -0.830. The molecule has 310 valence electrons. The summed E-state index contributed by atoms with van der Waals surface area (Å²) in [5.41, 5.74) is 0. The minimum Gasteiger partial charge on any atom is -0.394 e. The van der Waals surface area contributed by atoms with Crippen LogP contribution in [0.1, 0.15) is 226 Å². The van der Waals surface area contributed by atoms with E-state index in [1.54, 1.807) is 0 Å². The smallest absolute Gasteiger partial charge is 0.220 e. The van der Waals surface area contributed by atoms with Gasteiger partial charge in [-0.2, -0.15) is 0 Å². The third-order valence-corrected chi connectivity index (χ3v) is 10.5. The van der Waals surface area contributed by atoms with Crippen molar-refractivity contribution < 1.29 is 20.1 Å². The molecule has 0 saturated carbocycles. The summed E-state index contributed by atoms with van der Waals surface area (Å²) in [6.45, 7) is 3.92. The lowest BCUT2D eigenvalue weighted by Crippen LogP contribution is -2.50. The molecule has 0 saturated heterocycles. The predicted octanol–water partition coefficient (Wildman–Crippen LogP) is 13.3. The molecule has 4 N–H and O–H groups in total. The van der Waals surface area contributed by atoms with E-state index in [0.717, 1.165) is 51.4 Å². The Balaban J connectivity index is 3.50. The van der Waals surface area contributed by atoms with Crippen molar-refractivity contribution in [3.05, 3.63) is 48.6 Å². The molecular formula is C48H89NO4. The number of hydrogen-bond donors (Lipinski definition) is 4. The minimum atomic E-state index is -1.16. The zero-order chi connectivity index (χ0) is 38.7. The van der Waals surface area contributed by atoms with E-state index in [0.29, 0.717) is 12.8 Å². The Kier molecular flexibility index (Phi) is 41.7. The van der Waals surface area contributed by atoms with E-state index < -0.39 is 18.2 Å². The van der Waals surface area contributed by atoms with Gasteiger partial charge in [0.2, 0.25) is 5.91 Å². The number of aliphatic hydroxyl groups excluding tert-OH is 3. The Morgan fingerprint density at radius 3 is 1.38 bits per heavy atom. The summed E-state index contributed by atoms with van der Waals surface area (Å²) in [6.07, 6.45) is 55.6. The van der Waals surface area contributed by atoms with Crippen molar-refractivity contribution in [1.82, 2.24) is 5.32 Å². The normalized spacial score (nSPS) is 14.0. The molecule has 0 spiro atoms. The van der Waals surface area contributed by atoms with Crippen molar-refractivity contribution in [2.75, 3.05) is 6.61 Å². The van der Waals surface area contributed by atoms with Crippen LogP contribution in [-0.2, 0) is 4.79 Å². The van der Waals surface area contributed by atoms with Gasteiger partial charge in [0.25, 0.3) is 0 Å². The van der Waals surface area contributed by atoms with E-state index >= 15 is 0 Å². The first-order chi connectivity index (χ1) is 26.1. The average Bonchev–Trinajstić information content (AvgIpc) is 3.16. The van der Waals surface area contributed by atoms with Crippen LogP contribution in [0.2, 0.25) is 0 Å². The summed E-state index contributed by atoms with van der Waals surface area (Å²) >= 11 is 0. The largest absolute Gasteiger partial charge is 0.394 e. The zero-order valence-corrected chi connectivity index (χ0v) is 35.1. The number of rotatable bonds is 41. The van der Waals surface area contributed by atoms with Crippen LogP contribution in [-0.4, -0.2) is 46.1 Å². The highest BCUT2D eigenvalue weighted by Crippen LogP contribution is 2.15. The van der Waals surface area contributed by atoms with Crippen LogP contribution in [0.4, 0.5) is 0 Å². The molecule has 3 unspecified atom stereocenters. The van der Waals surface area contributed by atoms with Crippen LogP contribution < -0.4 is 5.32 Å². The van der Waals surface area contributed by atoms with Gasteiger partial charge in [0.15, 0.2) is 0 Å². The Bertz CT molecular complexity index is 866. The maximum absolute atomic E-state index is 12.4. The molecule has 0 aliphatic heterocycles. The quantitative estimate of drug-likeness (QED) is 0.0371. The fourth-order valence-electron chi connectivity index (χ4n) is 6.92. The molecule has 0 aromatic carbocycles. The molecule has 5 heteroatoms. The van der Waals surface area contributed by atoms with E-state index in [2.05, 4.69) is 54.8 Å². The van der Waals surface area contributed by atoms with Crippen molar-refractivity contribution in [2.45, 2.75) is 244 Å². The lowest BCUT2D eigenvalue weighted by atomic mass is 10.0. The van der Waals surface area contributed by atoms with Crippen molar-refractivity contribution >= 4 is 5.91 Å². The van der Waals surface area contributed by atoms with Crippen LogP contribution >= 0.6 is 0 Å². The lowest BCUT2D eigenvalue weighted by molar-refractivity contribution is -0.124. The number of amides is 1. The molecule has 0 radical (unpaired) electrons. The number of nitrogens with one attached hydrogen (secondary N) is 1. The van der Waals surface area contributed by atoms with Crippen molar-refractivity contribution in [3.8, 4) is 0 Å². The van der Waals surface area contributed by atoms with Crippen LogP contribution in [0.5, 0.6) is 0 Å². The summed E-state index contributed by atoms with van der Waals surface area (Å²) in [5, 5.41) is 33.2. The molecule has 0 aromatic heterocycles. The number of unbranched alkanes of at least 4 members (excludes halogenated alkanes) is 26. The van der Waals surface area contributed by atoms with Gasteiger partial charge in [0, 0.05) is 6.42 Å². The second-order valence-corrected chi connectivity index (χ2v) is 15.6. The first-order valence-corrected chi connectivity index (χ1v) is 22.9. The lowest BCUT2D eigenvalue weighted by Gasteiger charge is -2.26. The Morgan fingerprint density at radius 1 is 0.509 bits per heavy atom. The molecule has 0 aliphatic rings. The summed E-state index contributed by atoms with van der Waals surface area (Å²) < 4.78 is 0. The predicted molar refractivity (Wildman–Crippen MR) is 231 cm³/mol. The minimum absolute atomic E-state index is 0.162. The Morgan fingerprint density at radius 2 is 0.906 bits per heavy atom. The first kappa shape index (κ1) is 51.3. The molecule has 0 rings (SSSR count). The number of aliphatic hydroxyl groups is 3. The highest BCUT2D eigenvalue weighted by atomic mass is 16.3. The molecule has 0 bridgehead atoms. The van der Waals surface area contributed by atoms with Gasteiger partial charge in [-0.15, -0.1) is 0 Å². The van der Waals surface area contributed by atoms with Crippen molar-refractivity contribution in [2.24, 2.45) is 0 Å². The Hall–Kier alpha value is -1.69. The van der Waals surface area contributed by atoms with Gasteiger partial charge in [-0.05, 0) is 77.6 Å². The highest BCUT2D eigenvalue weighted by molar-refractivity contribution is 5.76. The first-order valence-electron chi connectivity index (χ1n) is 22.9. The van der Waals surface area contributed by atoms with Gasteiger partial charge >= 0.3 is 0 Å². The summed E-state index contributed by atoms with van der Waals surface area (Å²) in [7, 11) is 0. The SMILES string of the molecule is C/C=C/CC/C=C/CCCC(O)C(O)C(CO)NC(=O)CCCCCCCCCCCCCCCCC/C=C\C/C=C\CCCCCCCCCCC. The second-order valence-electron chi connectivity index (χ2n) is 15.6. The fraction of sp³-hybridized carbons (Fsp3) is 0.812. The van der Waals surface area contributed by atoms with Crippen LogP contribution in [0.25, 0.3) is 0 Å². The number of allylic oxidation sites excluding steroid dienone is 8. The molecule has 0 heterocycles. The molecule has 0 aromatic rings. The van der Waals surface area contributed by atoms with Crippen molar-refractivity contribution in [3.63, 3.8) is 0 Å². The topological polar surface area (TPSA) is 89.8 Å². The maximum Gasteiger partial charge on any atom is 0.220 e. The Labute approximate surface area is 329 Å². The van der Waals surface area contributed by atoms with E-state index in [1.807, 2.05) is 13.0 Å². The molecule has 5 nitrogen and oxygen atoms in total. The summed E-state index contributed by atoms with van der Waals surface area (Å²) in [4.78, 5) is 12.4. The molecule has 3 atom stereocenters. The maximum atomic E-state index is 12.4. The van der Waals surface area contributed by atoms with Gasteiger partial charge in [0.05, 0.1) is 18.8 Å². The van der Waals surface area contributed by atoms with Crippen LogP contribution in [0, 0.1) is 0 Å². The van der Waals surface area contributed by atoms with Crippen LogP contribution in [0.15, 0.2) is 48.6 Å². The van der Waals surface area contributed by atoms with Gasteiger partial charge in [-0.1, -0.05) is 190 Å². The molecule has 0 aliphatic carbocycles. The van der Waals surface area contributed by atoms with E-state index in [9.17, 15) is 20.1 Å². The third-order valence-electron chi connectivity index (χ3n) is 10.5. The third kappa shape index (κ3) is 38.4. The monoisotopic (exact) mass is 744 g/mol. The van der Waals surface area contributed by atoms with Crippen molar-refractivity contribution in [1.29, 1.82) is 0 Å². The van der Waals surface area contributed by atoms with E-state index in [4.69, 9.17) is 0 Å². The van der Waals surface area contributed by atoms with Gasteiger partial charge in [-0.3, -0.25) is 4.79 Å². The van der Waals surface area contributed by atoms with E-state index in [1.165, 1.54) is 148 Å². The van der Waals surface area contributed by atoms with Gasteiger partial charge in [-0.25, -0.2) is 0 Å². The molecular weight excluding hydrogens is 655 g/mol. The van der Waals surface area contributed by atoms with Gasteiger partial charge < -0.3 is 20.6 Å². The number of carbonyl (C=O) groups is 1. The average molecular weight is 744 g/mol. The standard InChI is InChI=1S/C48H89NO4/c1-3-5-7-9-11-13-14-15-16-17-18-19-20-21-22-23-24-25-26-27-28-29-30-31-32-33-34-35-37-39-41-43-47(52)49-45(44-50)48(53)46(51)42-40-38-36-12-10-8-6-4-2/h4,6,12,18-19,21-22,36,45-46,48,50-51,53H,3,5,7-11,13-17,20,23-35,37-44H2,1-2H3,(H,49,52)/b6-4+,19-18-,22-21-,36-12+. The molecule has 0 fully saturated rings. The number of carbonyl (C=O) groups excluding carboxylic acids is 1. The number of hydrogen-bond acceptors (Lipinski definition) is 4. The summed E-state index contributed by atoms with van der Waals surface area (Å²) in [5.74, 6) is -0.162. The van der Waals surface area contributed by atoms with E-state index in [-0.39, 0.29) is 12.5 Å². The second kappa shape index (κ2) is 43.0. The van der Waals surface area contributed by atoms with Crippen LogP contribution in [0.3, 0.4) is 0 Å². The highest BCUT2D eigenvalue weighted by Gasteiger charge is 2.26. The molecule has 53 heavy (non-hydrogen) atoms. The van der Waals surface area contributed by atoms with Gasteiger partial charge in [0.1, 0.15) is 6.10 Å².